The van der Waals surface area contributed by atoms with E-state index in [4.69, 9.17) is 16.3 Å². The van der Waals surface area contributed by atoms with E-state index in [0.717, 1.165) is 27.9 Å². The zero-order valence-electron chi connectivity index (χ0n) is 18.0. The van der Waals surface area contributed by atoms with Gasteiger partial charge >= 0.3 is 0 Å². The van der Waals surface area contributed by atoms with Crippen molar-refractivity contribution in [2.75, 3.05) is 18.5 Å². The Labute approximate surface area is 182 Å². The van der Waals surface area contributed by atoms with Gasteiger partial charge < -0.3 is 10.1 Å². The van der Waals surface area contributed by atoms with E-state index in [1.165, 1.54) is 4.90 Å². The minimum absolute atomic E-state index is 0.0271. The van der Waals surface area contributed by atoms with E-state index in [1.807, 2.05) is 65.0 Å². The molecule has 0 aromatic heterocycles. The molecule has 1 N–H and O–H groups in total. The molecule has 0 radical (unpaired) electrons. The second-order valence-electron chi connectivity index (χ2n) is 7.81. The van der Waals surface area contributed by atoms with Crippen molar-refractivity contribution in [3.63, 3.8) is 0 Å². The summed E-state index contributed by atoms with van der Waals surface area (Å²) in [6.45, 7) is 10.2. The quantitative estimate of drug-likeness (QED) is 0.641. The Kier molecular flexibility index (Phi) is 6.64. The molecule has 0 atom stereocenters. The highest BCUT2D eigenvalue weighted by atomic mass is 35.5. The lowest BCUT2D eigenvalue weighted by Gasteiger charge is -2.16. The predicted octanol–water partition coefficient (Wildman–Crippen LogP) is 4.88. The third kappa shape index (κ3) is 4.58. The highest BCUT2D eigenvalue weighted by Gasteiger charge is 2.39. The Balaban J connectivity index is 2.02. The fraction of sp³-hybridized carbons (Fsp3) is 0.333. The first-order chi connectivity index (χ1) is 14.2. The first-order valence-corrected chi connectivity index (χ1v) is 10.4. The lowest BCUT2D eigenvalue weighted by molar-refractivity contribution is -0.137. The number of hydrogen-bond donors (Lipinski definition) is 1. The largest absolute Gasteiger partial charge is 0.377 e. The Hall–Kier alpha value is -2.63. The van der Waals surface area contributed by atoms with Crippen LogP contribution in [0.4, 0.5) is 5.69 Å². The van der Waals surface area contributed by atoms with Crippen LogP contribution >= 0.6 is 11.6 Å². The molecular formula is C24H27ClN2O3. The van der Waals surface area contributed by atoms with E-state index < -0.39 is 0 Å². The van der Waals surface area contributed by atoms with E-state index in [1.54, 1.807) is 6.07 Å². The Morgan fingerprint density at radius 3 is 2.33 bits per heavy atom. The Morgan fingerprint density at radius 2 is 1.70 bits per heavy atom. The molecule has 158 valence electrons. The second kappa shape index (κ2) is 9.02. The number of halogens is 1. The second-order valence-corrected chi connectivity index (χ2v) is 8.25. The van der Waals surface area contributed by atoms with E-state index >= 15 is 0 Å². The first kappa shape index (κ1) is 22.1. The lowest BCUT2D eigenvalue weighted by Crippen LogP contribution is -2.35. The number of imide groups is 1. The number of hydrogen-bond acceptors (Lipinski definition) is 4. The van der Waals surface area contributed by atoms with Crippen LogP contribution in [0.2, 0.25) is 5.02 Å². The van der Waals surface area contributed by atoms with Gasteiger partial charge in [0.05, 0.1) is 24.8 Å². The van der Waals surface area contributed by atoms with Crippen molar-refractivity contribution in [1.82, 2.24) is 4.90 Å². The standard InChI is InChI=1S/C24H27ClN2O3/c1-14(2)30-11-10-27-23(28)21(18-7-6-15(3)16(4)12-18)22(24(27)29)26-20-9-8-19(25)13-17(20)5/h6-9,12-14,26H,10-11H2,1-5H3. The van der Waals surface area contributed by atoms with E-state index in [9.17, 15) is 9.59 Å². The molecule has 1 aliphatic heterocycles. The number of nitrogens with one attached hydrogen (secondary N) is 1. The number of benzene rings is 2. The molecule has 0 saturated carbocycles. The molecule has 5 nitrogen and oxygen atoms in total. The maximum Gasteiger partial charge on any atom is 0.278 e. The van der Waals surface area contributed by atoms with Gasteiger partial charge in [0.25, 0.3) is 11.8 Å². The Bertz CT molecular complexity index is 1030. The molecule has 6 heteroatoms. The van der Waals surface area contributed by atoms with Gasteiger partial charge in [-0.2, -0.15) is 0 Å². The van der Waals surface area contributed by atoms with Gasteiger partial charge in [-0.25, -0.2) is 0 Å². The van der Waals surface area contributed by atoms with Crippen LogP contribution in [0.1, 0.15) is 36.1 Å². The third-order valence-corrected chi connectivity index (χ3v) is 5.41. The number of rotatable bonds is 7. The summed E-state index contributed by atoms with van der Waals surface area (Å²) in [6.07, 6.45) is 0.0271. The number of nitrogens with zero attached hydrogens (tertiary/aromatic N) is 1. The van der Waals surface area contributed by atoms with Crippen molar-refractivity contribution in [3.8, 4) is 0 Å². The highest BCUT2D eigenvalue weighted by Crippen LogP contribution is 2.32. The van der Waals surface area contributed by atoms with Gasteiger partial charge in [0, 0.05) is 10.7 Å². The number of amides is 2. The van der Waals surface area contributed by atoms with Gasteiger partial charge in [0.2, 0.25) is 0 Å². The molecule has 0 fully saturated rings. The number of aryl methyl sites for hydroxylation is 3. The minimum Gasteiger partial charge on any atom is -0.377 e. The fourth-order valence-corrected chi connectivity index (χ4v) is 3.57. The number of ether oxygens (including phenoxy) is 1. The molecule has 1 heterocycles. The van der Waals surface area contributed by atoms with Gasteiger partial charge in [-0.3, -0.25) is 14.5 Å². The lowest BCUT2D eigenvalue weighted by atomic mass is 9.99. The van der Waals surface area contributed by atoms with Crippen LogP contribution in [0.3, 0.4) is 0 Å². The van der Waals surface area contributed by atoms with E-state index in [0.29, 0.717) is 17.2 Å². The summed E-state index contributed by atoms with van der Waals surface area (Å²) >= 11 is 6.07. The van der Waals surface area contributed by atoms with Gasteiger partial charge in [-0.1, -0.05) is 29.8 Å². The van der Waals surface area contributed by atoms with Crippen LogP contribution < -0.4 is 5.32 Å². The van der Waals surface area contributed by atoms with Crippen molar-refractivity contribution in [1.29, 1.82) is 0 Å². The molecule has 2 amide bonds. The average molecular weight is 427 g/mol. The molecule has 0 unspecified atom stereocenters. The molecule has 0 bridgehead atoms. The molecule has 0 saturated heterocycles. The highest BCUT2D eigenvalue weighted by molar-refractivity contribution is 6.36. The number of anilines is 1. The maximum atomic E-state index is 13.3. The zero-order chi connectivity index (χ0) is 22.0. The summed E-state index contributed by atoms with van der Waals surface area (Å²) in [5, 5.41) is 3.81. The van der Waals surface area contributed by atoms with Gasteiger partial charge in [-0.15, -0.1) is 0 Å². The average Bonchev–Trinajstić information content (AvgIpc) is 2.90. The van der Waals surface area contributed by atoms with Crippen molar-refractivity contribution < 1.29 is 14.3 Å². The summed E-state index contributed by atoms with van der Waals surface area (Å²) in [5.41, 5.74) is 5.18. The summed E-state index contributed by atoms with van der Waals surface area (Å²) < 4.78 is 5.56. The van der Waals surface area contributed by atoms with Crippen LogP contribution in [0.25, 0.3) is 5.57 Å². The van der Waals surface area contributed by atoms with Crippen molar-refractivity contribution >= 4 is 34.7 Å². The molecular weight excluding hydrogens is 400 g/mol. The monoisotopic (exact) mass is 426 g/mol. The third-order valence-electron chi connectivity index (χ3n) is 5.18. The SMILES string of the molecule is Cc1ccc(C2=C(Nc3ccc(Cl)cc3C)C(=O)N(CCOC(C)C)C2=O)cc1C. The summed E-state index contributed by atoms with van der Waals surface area (Å²) in [5.74, 6) is -0.667. The minimum atomic E-state index is -0.352. The molecule has 1 aliphatic rings. The molecule has 3 rings (SSSR count). The predicted molar refractivity (Wildman–Crippen MR) is 120 cm³/mol. The van der Waals surface area contributed by atoms with Crippen LogP contribution in [0.5, 0.6) is 0 Å². The molecule has 2 aromatic rings. The molecule has 2 aromatic carbocycles. The number of carbonyl (C=O) groups is 2. The first-order valence-electron chi connectivity index (χ1n) is 10.0. The van der Waals surface area contributed by atoms with Gasteiger partial charge in [0.1, 0.15) is 5.70 Å². The molecule has 0 spiro atoms. The van der Waals surface area contributed by atoms with Crippen LogP contribution in [-0.2, 0) is 14.3 Å². The smallest absolute Gasteiger partial charge is 0.278 e. The summed E-state index contributed by atoms with van der Waals surface area (Å²) in [4.78, 5) is 27.7. The fourth-order valence-electron chi connectivity index (χ4n) is 3.34. The van der Waals surface area contributed by atoms with Crippen LogP contribution in [0.15, 0.2) is 42.1 Å². The zero-order valence-corrected chi connectivity index (χ0v) is 18.8. The van der Waals surface area contributed by atoms with Crippen molar-refractivity contribution in [2.45, 2.75) is 40.7 Å². The molecule has 30 heavy (non-hydrogen) atoms. The van der Waals surface area contributed by atoms with Gasteiger partial charge in [0.15, 0.2) is 0 Å². The molecule has 0 aliphatic carbocycles. The maximum absolute atomic E-state index is 13.3. The van der Waals surface area contributed by atoms with Crippen LogP contribution in [0, 0.1) is 20.8 Å². The van der Waals surface area contributed by atoms with Crippen molar-refractivity contribution in [2.24, 2.45) is 0 Å². The van der Waals surface area contributed by atoms with Gasteiger partial charge in [-0.05, 0) is 75.1 Å². The topological polar surface area (TPSA) is 58.6 Å². The normalized spacial score (nSPS) is 14.3. The van der Waals surface area contributed by atoms with Crippen molar-refractivity contribution in [3.05, 3.63) is 69.4 Å². The van der Waals surface area contributed by atoms with E-state index in [2.05, 4.69) is 5.32 Å². The summed E-state index contributed by atoms with van der Waals surface area (Å²) in [7, 11) is 0. The summed E-state index contributed by atoms with van der Waals surface area (Å²) in [6, 6.07) is 11.2. The van der Waals surface area contributed by atoms with Crippen LogP contribution in [-0.4, -0.2) is 36.0 Å². The number of carbonyl (C=O) groups excluding carboxylic acids is 2. The van der Waals surface area contributed by atoms with E-state index in [-0.39, 0.29) is 30.2 Å². The Morgan fingerprint density at radius 1 is 0.967 bits per heavy atom.